The number of allylic oxidation sites excluding steroid dienone is 4. The average molecular weight is 389 g/mol. The Morgan fingerprint density at radius 1 is 1.39 bits per heavy atom. The third kappa shape index (κ3) is 9.29. The molecule has 0 aliphatic carbocycles. The summed E-state index contributed by atoms with van der Waals surface area (Å²) in [5, 5.41) is 2.87. The number of terminal acetylenes is 1. The quantitative estimate of drug-likeness (QED) is 0.369. The van der Waals surface area contributed by atoms with Crippen molar-refractivity contribution in [3.05, 3.63) is 71.5 Å². The number of halogens is 2. The summed E-state index contributed by atoms with van der Waals surface area (Å²) >= 11 is 0. The Bertz CT molecular complexity index is 745. The van der Waals surface area contributed by atoms with Crippen LogP contribution in [0, 0.1) is 24.0 Å². The molecule has 0 heterocycles. The SMILES string of the molecule is C#CCNC(=C)/C(=C/C=C\C)C(C)=O.CCCC(CN)c1ccc(F)c(F)c1. The van der Waals surface area contributed by atoms with Gasteiger partial charge in [-0.05, 0) is 56.5 Å². The monoisotopic (exact) mass is 388 g/mol. The van der Waals surface area contributed by atoms with Gasteiger partial charge in [-0.3, -0.25) is 4.79 Å². The van der Waals surface area contributed by atoms with Crippen LogP contribution in [-0.4, -0.2) is 18.9 Å². The van der Waals surface area contributed by atoms with Gasteiger partial charge in [0.05, 0.1) is 6.54 Å². The molecular formula is C23H30F2N2O. The number of hydrogen-bond donors (Lipinski definition) is 2. The lowest BCUT2D eigenvalue weighted by atomic mass is 9.94. The van der Waals surface area contributed by atoms with Crippen LogP contribution in [0.3, 0.4) is 0 Å². The molecule has 0 saturated carbocycles. The lowest BCUT2D eigenvalue weighted by Crippen LogP contribution is -2.17. The minimum atomic E-state index is -0.805. The largest absolute Gasteiger partial charge is 0.374 e. The van der Waals surface area contributed by atoms with Gasteiger partial charge in [-0.1, -0.05) is 44.1 Å². The van der Waals surface area contributed by atoms with Crippen molar-refractivity contribution in [3.63, 3.8) is 0 Å². The van der Waals surface area contributed by atoms with Gasteiger partial charge < -0.3 is 11.1 Å². The Morgan fingerprint density at radius 2 is 2.07 bits per heavy atom. The van der Waals surface area contributed by atoms with Crippen LogP contribution in [0.2, 0.25) is 0 Å². The third-order valence-corrected chi connectivity index (χ3v) is 3.90. The minimum Gasteiger partial charge on any atom is -0.374 e. The first-order chi connectivity index (χ1) is 13.3. The van der Waals surface area contributed by atoms with E-state index in [4.69, 9.17) is 12.2 Å². The normalized spacial score (nSPS) is 12.0. The Kier molecular flexibility index (Phi) is 13.0. The smallest absolute Gasteiger partial charge is 0.161 e. The van der Waals surface area contributed by atoms with Crippen molar-refractivity contribution in [2.24, 2.45) is 5.73 Å². The van der Waals surface area contributed by atoms with E-state index >= 15 is 0 Å². The maximum Gasteiger partial charge on any atom is 0.161 e. The lowest BCUT2D eigenvalue weighted by Gasteiger charge is -2.13. The molecule has 1 aromatic rings. The van der Waals surface area contributed by atoms with E-state index in [9.17, 15) is 13.6 Å². The Balaban J connectivity index is 0.000000521. The summed E-state index contributed by atoms with van der Waals surface area (Å²) in [5.74, 6) is 0.925. The summed E-state index contributed by atoms with van der Waals surface area (Å²) in [5.41, 5.74) is 7.47. The van der Waals surface area contributed by atoms with Crippen molar-refractivity contribution in [3.8, 4) is 12.3 Å². The Morgan fingerprint density at radius 3 is 2.54 bits per heavy atom. The zero-order chi connectivity index (χ0) is 21.5. The van der Waals surface area contributed by atoms with Crippen LogP contribution in [0.4, 0.5) is 8.78 Å². The molecule has 0 bridgehead atoms. The van der Waals surface area contributed by atoms with Crippen LogP contribution in [-0.2, 0) is 4.79 Å². The highest BCUT2D eigenvalue weighted by Crippen LogP contribution is 2.21. The highest BCUT2D eigenvalue weighted by atomic mass is 19.2. The summed E-state index contributed by atoms with van der Waals surface area (Å²) < 4.78 is 25.5. The van der Waals surface area contributed by atoms with Gasteiger partial charge in [0.25, 0.3) is 0 Å². The first-order valence-corrected chi connectivity index (χ1v) is 9.17. The molecule has 5 heteroatoms. The molecule has 0 fully saturated rings. The number of carbonyl (C=O) groups excluding carboxylic acids is 1. The summed E-state index contributed by atoms with van der Waals surface area (Å²) in [4.78, 5) is 11.2. The number of benzene rings is 1. The van der Waals surface area contributed by atoms with E-state index in [2.05, 4.69) is 17.8 Å². The average Bonchev–Trinajstić information content (AvgIpc) is 2.67. The Hall–Kier alpha value is -2.71. The van der Waals surface area contributed by atoms with E-state index in [0.29, 0.717) is 24.4 Å². The molecule has 1 aromatic carbocycles. The number of Topliss-reactive ketones (excluding diaryl/α,β-unsaturated/α-hetero) is 1. The summed E-state index contributed by atoms with van der Waals surface area (Å²) in [6.07, 6.45) is 12.3. The topological polar surface area (TPSA) is 55.1 Å². The lowest BCUT2D eigenvalue weighted by molar-refractivity contribution is -0.113. The second-order valence-corrected chi connectivity index (χ2v) is 6.09. The number of nitrogens with two attached hydrogens (primary N) is 1. The molecule has 28 heavy (non-hydrogen) atoms. The van der Waals surface area contributed by atoms with Crippen LogP contribution in [0.1, 0.15) is 45.1 Å². The molecule has 3 N–H and O–H groups in total. The fourth-order valence-corrected chi connectivity index (χ4v) is 2.41. The van der Waals surface area contributed by atoms with E-state index in [-0.39, 0.29) is 11.7 Å². The van der Waals surface area contributed by atoms with Crippen molar-refractivity contribution < 1.29 is 13.6 Å². The van der Waals surface area contributed by atoms with Gasteiger partial charge in [0, 0.05) is 11.3 Å². The standard InChI is InChI=1S/C12H15NO.C11H15F2N/c1-5-7-8-12(11(4)14)10(3)13-9-6-2;1-2-3-9(7-14)8-4-5-10(12)11(13)6-8/h2,5,7-8,13H,3,9H2,1,4H3;4-6,9H,2-3,7,14H2,1H3/b7-5-,12-8-;. The van der Waals surface area contributed by atoms with Gasteiger partial charge in [-0.2, -0.15) is 0 Å². The summed E-state index contributed by atoms with van der Waals surface area (Å²) in [7, 11) is 0. The molecule has 0 amide bonds. The maximum absolute atomic E-state index is 12.9. The molecular weight excluding hydrogens is 358 g/mol. The molecule has 0 radical (unpaired) electrons. The van der Waals surface area contributed by atoms with Gasteiger partial charge in [0.2, 0.25) is 0 Å². The molecule has 0 aromatic heterocycles. The fraction of sp³-hybridized carbons (Fsp3) is 0.348. The van der Waals surface area contributed by atoms with Gasteiger partial charge in [0.1, 0.15) is 0 Å². The van der Waals surface area contributed by atoms with Gasteiger partial charge >= 0.3 is 0 Å². The van der Waals surface area contributed by atoms with Crippen LogP contribution in [0.15, 0.2) is 54.3 Å². The van der Waals surface area contributed by atoms with Crippen LogP contribution >= 0.6 is 0 Å². The highest BCUT2D eigenvalue weighted by molar-refractivity contribution is 5.97. The van der Waals surface area contributed by atoms with E-state index in [1.807, 2.05) is 19.9 Å². The summed E-state index contributed by atoms with van der Waals surface area (Å²) in [6, 6.07) is 4.00. The first-order valence-electron chi connectivity index (χ1n) is 9.17. The number of hydrogen-bond acceptors (Lipinski definition) is 3. The highest BCUT2D eigenvalue weighted by Gasteiger charge is 2.11. The second-order valence-electron chi connectivity index (χ2n) is 6.09. The molecule has 152 valence electrons. The Labute approximate surface area is 167 Å². The molecule has 1 unspecified atom stereocenters. The van der Waals surface area contributed by atoms with Crippen molar-refractivity contribution in [2.45, 2.75) is 39.5 Å². The first kappa shape index (κ1) is 25.3. The number of rotatable bonds is 9. The fourth-order valence-electron chi connectivity index (χ4n) is 2.41. The minimum absolute atomic E-state index is 0.0300. The summed E-state index contributed by atoms with van der Waals surface area (Å²) in [6.45, 7) is 10.0. The molecule has 3 nitrogen and oxygen atoms in total. The number of carbonyl (C=O) groups is 1. The predicted molar refractivity (Wildman–Crippen MR) is 113 cm³/mol. The number of nitrogens with one attached hydrogen (secondary N) is 1. The van der Waals surface area contributed by atoms with Crippen molar-refractivity contribution in [2.75, 3.05) is 13.1 Å². The molecule has 0 aliphatic rings. The van der Waals surface area contributed by atoms with E-state index in [1.54, 1.807) is 18.2 Å². The molecule has 0 saturated heterocycles. The van der Waals surface area contributed by atoms with Gasteiger partial charge in [-0.15, -0.1) is 6.42 Å². The molecule has 0 aliphatic heterocycles. The van der Waals surface area contributed by atoms with E-state index < -0.39 is 11.6 Å². The zero-order valence-corrected chi connectivity index (χ0v) is 16.9. The number of ketones is 1. The predicted octanol–water partition coefficient (Wildman–Crippen LogP) is 4.62. The second kappa shape index (κ2) is 14.4. The van der Waals surface area contributed by atoms with E-state index in [1.165, 1.54) is 13.0 Å². The van der Waals surface area contributed by atoms with Crippen molar-refractivity contribution in [1.82, 2.24) is 5.32 Å². The van der Waals surface area contributed by atoms with Crippen LogP contribution < -0.4 is 11.1 Å². The van der Waals surface area contributed by atoms with Crippen LogP contribution in [0.25, 0.3) is 0 Å². The van der Waals surface area contributed by atoms with Crippen molar-refractivity contribution >= 4 is 5.78 Å². The molecule has 0 spiro atoms. The van der Waals surface area contributed by atoms with Crippen LogP contribution in [0.5, 0.6) is 0 Å². The molecule has 1 rings (SSSR count). The van der Waals surface area contributed by atoms with Crippen molar-refractivity contribution in [1.29, 1.82) is 0 Å². The van der Waals surface area contributed by atoms with Gasteiger partial charge in [0.15, 0.2) is 17.4 Å². The third-order valence-electron chi connectivity index (χ3n) is 3.90. The van der Waals surface area contributed by atoms with Gasteiger partial charge in [-0.25, -0.2) is 8.78 Å². The maximum atomic E-state index is 12.9. The van der Waals surface area contributed by atoms with E-state index in [0.717, 1.165) is 24.5 Å². The zero-order valence-electron chi connectivity index (χ0n) is 16.9. The molecule has 1 atom stereocenters.